The molecule has 0 radical (unpaired) electrons. The average molecular weight is 466 g/mol. The molecule has 0 saturated carbocycles. The standard InChI is InChI=1S/C29H27N3O3/c1-34-15-16-35-24-14-8-11-22(17-24)19-26-29(33)32-20-27(23-12-6-3-7-13-23)30-25(28(32)31-26)18-21-9-4-2-5-10-21/h2-14,17,20,33H,15-16,18-19H2,1H3. The summed E-state index contributed by atoms with van der Waals surface area (Å²) >= 11 is 0. The first-order valence-corrected chi connectivity index (χ1v) is 11.6. The molecular formula is C29H27N3O3. The van der Waals surface area contributed by atoms with E-state index in [1.54, 1.807) is 11.5 Å². The van der Waals surface area contributed by atoms with Crippen molar-refractivity contribution in [2.75, 3.05) is 20.3 Å². The molecule has 0 atom stereocenters. The fourth-order valence-electron chi connectivity index (χ4n) is 4.10. The van der Waals surface area contributed by atoms with Crippen LogP contribution < -0.4 is 4.74 Å². The molecule has 5 aromatic rings. The lowest BCUT2D eigenvalue weighted by atomic mass is 10.1. The van der Waals surface area contributed by atoms with Crippen molar-refractivity contribution in [1.82, 2.24) is 14.4 Å². The van der Waals surface area contributed by atoms with E-state index in [0.717, 1.165) is 33.8 Å². The number of imidazole rings is 1. The summed E-state index contributed by atoms with van der Waals surface area (Å²) in [6.07, 6.45) is 2.94. The van der Waals surface area contributed by atoms with Gasteiger partial charge < -0.3 is 14.6 Å². The van der Waals surface area contributed by atoms with Crippen molar-refractivity contribution in [2.45, 2.75) is 12.8 Å². The van der Waals surface area contributed by atoms with Crippen molar-refractivity contribution in [3.63, 3.8) is 0 Å². The number of aromatic nitrogens is 3. The lowest BCUT2D eigenvalue weighted by Gasteiger charge is -2.08. The molecule has 0 spiro atoms. The van der Waals surface area contributed by atoms with Crippen LogP contribution in [0.15, 0.2) is 91.1 Å². The summed E-state index contributed by atoms with van der Waals surface area (Å²) in [5, 5.41) is 11.2. The van der Waals surface area contributed by atoms with Gasteiger partial charge in [0.2, 0.25) is 5.88 Å². The molecule has 6 nitrogen and oxygen atoms in total. The highest BCUT2D eigenvalue weighted by atomic mass is 16.5. The SMILES string of the molecule is COCCOc1cccc(Cc2nc3c(Cc4ccccc4)nc(-c4ccccc4)cn3c2O)c1. The van der Waals surface area contributed by atoms with E-state index >= 15 is 0 Å². The Bertz CT molecular complexity index is 1420. The second kappa shape index (κ2) is 10.4. The highest BCUT2D eigenvalue weighted by Crippen LogP contribution is 2.28. The van der Waals surface area contributed by atoms with E-state index in [2.05, 4.69) is 12.1 Å². The lowest BCUT2D eigenvalue weighted by molar-refractivity contribution is 0.146. The molecule has 3 aromatic carbocycles. The van der Waals surface area contributed by atoms with Crippen LogP contribution in [0.3, 0.4) is 0 Å². The number of rotatable bonds is 9. The number of ether oxygens (including phenoxy) is 2. The Morgan fingerprint density at radius 1 is 0.771 bits per heavy atom. The van der Waals surface area contributed by atoms with Crippen LogP contribution in [-0.4, -0.2) is 39.8 Å². The Morgan fingerprint density at radius 3 is 2.26 bits per heavy atom. The number of nitrogens with zero attached hydrogens (tertiary/aromatic N) is 3. The molecule has 2 heterocycles. The van der Waals surface area contributed by atoms with Gasteiger partial charge in [-0.3, -0.25) is 4.40 Å². The Kier molecular flexibility index (Phi) is 6.73. The highest BCUT2D eigenvalue weighted by molar-refractivity contribution is 5.63. The Balaban J connectivity index is 1.53. The quantitative estimate of drug-likeness (QED) is 0.299. The monoisotopic (exact) mass is 465 g/mol. The maximum absolute atomic E-state index is 11.2. The van der Waals surface area contributed by atoms with E-state index in [1.807, 2.05) is 79.0 Å². The van der Waals surface area contributed by atoms with Crippen LogP contribution in [0.25, 0.3) is 16.9 Å². The molecule has 0 fully saturated rings. The molecule has 0 aliphatic rings. The summed E-state index contributed by atoms with van der Waals surface area (Å²) in [6, 6.07) is 28.0. The minimum absolute atomic E-state index is 0.125. The largest absolute Gasteiger partial charge is 0.493 e. The third-order valence-electron chi connectivity index (χ3n) is 5.83. The third-order valence-corrected chi connectivity index (χ3v) is 5.83. The normalized spacial score (nSPS) is 11.1. The third kappa shape index (κ3) is 5.18. The van der Waals surface area contributed by atoms with Crippen LogP contribution in [0.1, 0.15) is 22.5 Å². The van der Waals surface area contributed by atoms with Gasteiger partial charge in [0.1, 0.15) is 18.1 Å². The van der Waals surface area contributed by atoms with Crippen LogP contribution in [0.5, 0.6) is 11.6 Å². The maximum atomic E-state index is 11.2. The first-order valence-electron chi connectivity index (χ1n) is 11.6. The Labute approximate surface area is 204 Å². The summed E-state index contributed by atoms with van der Waals surface area (Å²) in [6.45, 7) is 1.01. The number of fused-ring (bicyclic) bond motifs is 1. The van der Waals surface area contributed by atoms with Crippen molar-refractivity contribution in [3.05, 3.63) is 114 Å². The minimum atomic E-state index is 0.125. The first kappa shape index (κ1) is 22.6. The maximum Gasteiger partial charge on any atom is 0.219 e. The zero-order valence-corrected chi connectivity index (χ0v) is 19.6. The molecule has 5 rings (SSSR count). The zero-order chi connectivity index (χ0) is 24.0. The molecule has 0 aliphatic heterocycles. The van der Waals surface area contributed by atoms with Gasteiger partial charge >= 0.3 is 0 Å². The van der Waals surface area contributed by atoms with E-state index in [0.29, 0.717) is 37.4 Å². The van der Waals surface area contributed by atoms with Gasteiger partial charge in [0.25, 0.3) is 0 Å². The van der Waals surface area contributed by atoms with E-state index in [4.69, 9.17) is 19.4 Å². The topological polar surface area (TPSA) is 68.9 Å². The first-order chi connectivity index (χ1) is 17.2. The summed E-state index contributed by atoms with van der Waals surface area (Å²) in [4.78, 5) is 9.79. The van der Waals surface area contributed by atoms with E-state index < -0.39 is 0 Å². The number of benzene rings is 3. The van der Waals surface area contributed by atoms with Gasteiger partial charge in [-0.15, -0.1) is 0 Å². The van der Waals surface area contributed by atoms with Gasteiger partial charge in [-0.05, 0) is 23.3 Å². The molecule has 0 unspecified atom stereocenters. The van der Waals surface area contributed by atoms with Crippen LogP contribution >= 0.6 is 0 Å². The van der Waals surface area contributed by atoms with Gasteiger partial charge in [-0.1, -0.05) is 72.8 Å². The molecule has 0 amide bonds. The molecule has 0 bridgehead atoms. The van der Waals surface area contributed by atoms with E-state index in [-0.39, 0.29) is 5.88 Å². The molecule has 6 heteroatoms. The summed E-state index contributed by atoms with van der Waals surface area (Å²) in [5.41, 5.74) is 5.98. The molecular weight excluding hydrogens is 438 g/mol. The fourth-order valence-corrected chi connectivity index (χ4v) is 4.10. The average Bonchev–Trinajstić information content (AvgIpc) is 3.21. The molecule has 176 valence electrons. The van der Waals surface area contributed by atoms with Crippen molar-refractivity contribution >= 4 is 5.65 Å². The Hall–Kier alpha value is -4.16. The minimum Gasteiger partial charge on any atom is -0.493 e. The number of aromatic hydroxyl groups is 1. The van der Waals surface area contributed by atoms with E-state index in [9.17, 15) is 5.11 Å². The second-order valence-corrected chi connectivity index (χ2v) is 8.34. The molecule has 1 N–H and O–H groups in total. The van der Waals surface area contributed by atoms with Gasteiger partial charge in [-0.25, -0.2) is 9.97 Å². The van der Waals surface area contributed by atoms with Gasteiger partial charge in [0.15, 0.2) is 5.65 Å². The second-order valence-electron chi connectivity index (χ2n) is 8.34. The molecule has 0 saturated heterocycles. The smallest absolute Gasteiger partial charge is 0.219 e. The van der Waals surface area contributed by atoms with Crippen molar-refractivity contribution in [3.8, 4) is 22.9 Å². The van der Waals surface area contributed by atoms with Gasteiger partial charge in [0.05, 0.1) is 18.0 Å². The van der Waals surface area contributed by atoms with Crippen LogP contribution in [0.4, 0.5) is 0 Å². The predicted octanol–water partition coefficient (Wildman–Crippen LogP) is 5.31. The van der Waals surface area contributed by atoms with Crippen LogP contribution in [0.2, 0.25) is 0 Å². The molecule has 2 aromatic heterocycles. The van der Waals surface area contributed by atoms with Gasteiger partial charge in [0, 0.05) is 31.7 Å². The van der Waals surface area contributed by atoms with Crippen molar-refractivity contribution in [2.24, 2.45) is 0 Å². The van der Waals surface area contributed by atoms with E-state index in [1.165, 1.54) is 0 Å². The zero-order valence-electron chi connectivity index (χ0n) is 19.6. The van der Waals surface area contributed by atoms with Crippen LogP contribution in [-0.2, 0) is 17.6 Å². The molecule has 0 aliphatic carbocycles. The summed E-state index contributed by atoms with van der Waals surface area (Å²) in [5.74, 6) is 0.889. The summed E-state index contributed by atoms with van der Waals surface area (Å²) in [7, 11) is 1.65. The van der Waals surface area contributed by atoms with Gasteiger partial charge in [-0.2, -0.15) is 0 Å². The fraction of sp³-hybridized carbons (Fsp3) is 0.172. The number of methoxy groups -OCH3 is 1. The molecule has 35 heavy (non-hydrogen) atoms. The van der Waals surface area contributed by atoms with Crippen molar-refractivity contribution < 1.29 is 14.6 Å². The predicted molar refractivity (Wildman–Crippen MR) is 136 cm³/mol. The lowest BCUT2D eigenvalue weighted by Crippen LogP contribution is -2.04. The summed E-state index contributed by atoms with van der Waals surface area (Å²) < 4.78 is 12.6. The number of hydrogen-bond acceptors (Lipinski definition) is 5. The highest BCUT2D eigenvalue weighted by Gasteiger charge is 2.18. The number of hydrogen-bond donors (Lipinski definition) is 1. The Morgan fingerprint density at radius 2 is 1.49 bits per heavy atom. The van der Waals surface area contributed by atoms with Crippen molar-refractivity contribution in [1.29, 1.82) is 0 Å². The van der Waals surface area contributed by atoms with Crippen LogP contribution in [0, 0.1) is 0 Å².